The lowest BCUT2D eigenvalue weighted by molar-refractivity contribution is -0.384. The van der Waals surface area contributed by atoms with Crippen LogP contribution in [-0.4, -0.2) is 24.1 Å². The normalized spacial score (nSPS) is 10.4. The minimum atomic E-state index is -0.410. The molecule has 0 atom stereocenters. The van der Waals surface area contributed by atoms with Crippen molar-refractivity contribution in [1.82, 2.24) is 4.98 Å². The number of ether oxygens (including phenoxy) is 2. The number of rotatable bonds is 5. The molecule has 7 heteroatoms. The highest BCUT2D eigenvalue weighted by Crippen LogP contribution is 2.35. The molecule has 1 heterocycles. The molecule has 0 amide bonds. The van der Waals surface area contributed by atoms with Crippen LogP contribution in [0, 0.1) is 10.1 Å². The van der Waals surface area contributed by atoms with Crippen LogP contribution in [0.4, 0.5) is 5.69 Å². The lowest BCUT2D eigenvalue weighted by Crippen LogP contribution is -1.91. The molecule has 1 aromatic heterocycles. The van der Waals surface area contributed by atoms with E-state index in [1.807, 2.05) is 29.6 Å². The maximum Gasteiger partial charge on any atom is 0.270 e. The fourth-order valence-electron chi connectivity index (χ4n) is 2.29. The molecule has 0 unspecified atom stereocenters. The highest BCUT2D eigenvalue weighted by atomic mass is 32.1. The van der Waals surface area contributed by atoms with Gasteiger partial charge in [-0.15, -0.1) is 11.3 Å². The molecule has 0 bridgehead atoms. The maximum atomic E-state index is 10.9. The number of nitrogens with zero attached hydrogens (tertiary/aromatic N) is 2. The second-order valence-electron chi connectivity index (χ2n) is 4.92. The Balaban J connectivity index is 1.96. The molecule has 0 fully saturated rings. The minimum Gasteiger partial charge on any atom is -0.493 e. The molecule has 0 saturated heterocycles. The van der Waals surface area contributed by atoms with Crippen molar-refractivity contribution in [3.05, 3.63) is 58.0 Å². The van der Waals surface area contributed by atoms with Gasteiger partial charge in [-0.3, -0.25) is 10.1 Å². The molecule has 3 rings (SSSR count). The molecule has 0 N–H and O–H groups in total. The van der Waals surface area contributed by atoms with Gasteiger partial charge in [-0.1, -0.05) is 12.1 Å². The summed E-state index contributed by atoms with van der Waals surface area (Å²) in [6.45, 7) is 0. The molecule has 122 valence electrons. The van der Waals surface area contributed by atoms with Crippen molar-refractivity contribution in [3.8, 4) is 33.3 Å². The molecule has 24 heavy (non-hydrogen) atoms. The molecule has 2 aromatic carbocycles. The van der Waals surface area contributed by atoms with E-state index < -0.39 is 4.92 Å². The molecule has 0 aliphatic rings. The summed E-state index contributed by atoms with van der Waals surface area (Å²) >= 11 is 1.44. The molecule has 0 radical (unpaired) electrons. The summed E-state index contributed by atoms with van der Waals surface area (Å²) in [5.41, 5.74) is 2.44. The van der Waals surface area contributed by atoms with Crippen molar-refractivity contribution in [3.63, 3.8) is 0 Å². The maximum absolute atomic E-state index is 10.9. The summed E-state index contributed by atoms with van der Waals surface area (Å²) in [7, 11) is 3.16. The van der Waals surface area contributed by atoms with Gasteiger partial charge in [0.1, 0.15) is 5.01 Å². The van der Waals surface area contributed by atoms with Gasteiger partial charge in [0.05, 0.1) is 24.8 Å². The zero-order chi connectivity index (χ0) is 17.1. The first-order chi connectivity index (χ1) is 11.6. The summed E-state index contributed by atoms with van der Waals surface area (Å²) in [4.78, 5) is 15.1. The van der Waals surface area contributed by atoms with Gasteiger partial charge >= 0.3 is 0 Å². The van der Waals surface area contributed by atoms with Crippen molar-refractivity contribution < 1.29 is 14.4 Å². The fourth-order valence-corrected chi connectivity index (χ4v) is 3.11. The van der Waals surface area contributed by atoms with Gasteiger partial charge in [0.2, 0.25) is 0 Å². The summed E-state index contributed by atoms with van der Waals surface area (Å²) < 4.78 is 10.5. The number of nitro benzene ring substituents is 1. The number of non-ortho nitro benzene ring substituents is 1. The Morgan fingerprint density at radius 2 is 1.83 bits per heavy atom. The second-order valence-corrected chi connectivity index (χ2v) is 5.77. The van der Waals surface area contributed by atoms with Gasteiger partial charge < -0.3 is 9.47 Å². The summed E-state index contributed by atoms with van der Waals surface area (Å²) in [6.07, 6.45) is 0. The Morgan fingerprint density at radius 3 is 2.54 bits per heavy atom. The van der Waals surface area contributed by atoms with Crippen molar-refractivity contribution in [2.45, 2.75) is 0 Å². The van der Waals surface area contributed by atoms with E-state index in [1.165, 1.54) is 23.5 Å². The van der Waals surface area contributed by atoms with Crippen LogP contribution in [0.2, 0.25) is 0 Å². The molecule has 0 saturated carbocycles. The van der Waals surface area contributed by atoms with Gasteiger partial charge in [0.15, 0.2) is 11.5 Å². The summed E-state index contributed by atoms with van der Waals surface area (Å²) in [6, 6.07) is 12.0. The van der Waals surface area contributed by atoms with Gasteiger partial charge in [0, 0.05) is 28.6 Å². The summed E-state index contributed by atoms with van der Waals surface area (Å²) in [5.74, 6) is 1.27. The number of hydrogen-bond acceptors (Lipinski definition) is 6. The van der Waals surface area contributed by atoms with E-state index in [2.05, 4.69) is 4.98 Å². The van der Waals surface area contributed by atoms with Gasteiger partial charge in [-0.25, -0.2) is 4.98 Å². The third-order valence-corrected chi connectivity index (χ3v) is 4.38. The van der Waals surface area contributed by atoms with Crippen molar-refractivity contribution >= 4 is 17.0 Å². The number of nitro groups is 1. The van der Waals surface area contributed by atoms with Gasteiger partial charge in [-0.05, 0) is 18.2 Å². The Bertz CT molecular complexity index is 892. The van der Waals surface area contributed by atoms with Crippen LogP contribution in [0.5, 0.6) is 11.5 Å². The van der Waals surface area contributed by atoms with E-state index in [-0.39, 0.29) is 5.69 Å². The van der Waals surface area contributed by atoms with Crippen LogP contribution < -0.4 is 9.47 Å². The van der Waals surface area contributed by atoms with E-state index in [0.717, 1.165) is 21.8 Å². The van der Waals surface area contributed by atoms with Crippen molar-refractivity contribution in [2.75, 3.05) is 14.2 Å². The molecule has 6 nitrogen and oxygen atoms in total. The van der Waals surface area contributed by atoms with E-state index in [0.29, 0.717) is 11.5 Å². The Hall–Kier alpha value is -2.93. The monoisotopic (exact) mass is 342 g/mol. The third-order valence-electron chi connectivity index (χ3n) is 3.49. The zero-order valence-corrected chi connectivity index (χ0v) is 13.9. The summed E-state index contributed by atoms with van der Waals surface area (Å²) in [5, 5.41) is 13.5. The topological polar surface area (TPSA) is 74.5 Å². The number of methoxy groups -OCH3 is 2. The number of benzene rings is 2. The second kappa shape index (κ2) is 6.67. The standard InChI is InChI=1S/C17H14N2O4S/c1-22-15-7-6-11(9-16(15)23-2)14-10-24-17(18-14)12-4-3-5-13(8-12)19(20)21/h3-10H,1-2H3. The average molecular weight is 342 g/mol. The first-order valence-electron chi connectivity index (χ1n) is 7.05. The molecular formula is C17H14N2O4S. The van der Waals surface area contributed by atoms with E-state index in [1.54, 1.807) is 20.3 Å². The van der Waals surface area contributed by atoms with E-state index in [4.69, 9.17) is 9.47 Å². The van der Waals surface area contributed by atoms with E-state index in [9.17, 15) is 10.1 Å². The van der Waals surface area contributed by atoms with Crippen LogP contribution in [0.3, 0.4) is 0 Å². The fraction of sp³-hybridized carbons (Fsp3) is 0.118. The quantitative estimate of drug-likeness (QED) is 0.507. The first-order valence-corrected chi connectivity index (χ1v) is 7.93. The van der Waals surface area contributed by atoms with Crippen LogP contribution in [0.15, 0.2) is 47.8 Å². The molecule has 0 aliphatic carbocycles. The molecular weight excluding hydrogens is 328 g/mol. The average Bonchev–Trinajstić information content (AvgIpc) is 3.11. The Kier molecular flexibility index (Phi) is 4.43. The number of thiazole rings is 1. The van der Waals surface area contributed by atoms with Gasteiger partial charge in [0.25, 0.3) is 5.69 Å². The lowest BCUT2D eigenvalue weighted by Gasteiger charge is -2.08. The molecule has 3 aromatic rings. The Labute approximate surface area is 142 Å². The van der Waals surface area contributed by atoms with Crippen molar-refractivity contribution in [1.29, 1.82) is 0 Å². The Morgan fingerprint density at radius 1 is 1.04 bits per heavy atom. The predicted molar refractivity (Wildman–Crippen MR) is 92.7 cm³/mol. The highest BCUT2D eigenvalue weighted by Gasteiger charge is 2.12. The smallest absolute Gasteiger partial charge is 0.270 e. The van der Waals surface area contributed by atoms with Crippen LogP contribution in [0.1, 0.15) is 0 Å². The predicted octanol–water partition coefficient (Wildman–Crippen LogP) is 4.40. The van der Waals surface area contributed by atoms with Crippen molar-refractivity contribution in [2.24, 2.45) is 0 Å². The van der Waals surface area contributed by atoms with E-state index >= 15 is 0 Å². The lowest BCUT2D eigenvalue weighted by atomic mass is 10.1. The first kappa shape index (κ1) is 15.9. The largest absolute Gasteiger partial charge is 0.493 e. The third kappa shape index (κ3) is 3.07. The highest BCUT2D eigenvalue weighted by molar-refractivity contribution is 7.13. The zero-order valence-electron chi connectivity index (χ0n) is 13.1. The van der Waals surface area contributed by atoms with Crippen LogP contribution in [0.25, 0.3) is 21.8 Å². The van der Waals surface area contributed by atoms with Crippen LogP contribution >= 0.6 is 11.3 Å². The van der Waals surface area contributed by atoms with Crippen LogP contribution in [-0.2, 0) is 0 Å². The van der Waals surface area contributed by atoms with Gasteiger partial charge in [-0.2, -0.15) is 0 Å². The molecule has 0 aliphatic heterocycles. The number of hydrogen-bond donors (Lipinski definition) is 0. The SMILES string of the molecule is COc1ccc(-c2csc(-c3cccc([N+](=O)[O-])c3)n2)cc1OC. The molecule has 0 spiro atoms. The number of aromatic nitrogens is 1. The minimum absolute atomic E-state index is 0.0513.